The molecule has 0 saturated carbocycles. The molecule has 35 heavy (non-hydrogen) atoms. The van der Waals surface area contributed by atoms with Gasteiger partial charge in [-0.1, -0.05) is 30.7 Å². The first-order chi connectivity index (χ1) is 16.5. The second-order valence-electron chi connectivity index (χ2n) is 7.51. The van der Waals surface area contributed by atoms with E-state index in [1.165, 1.54) is 18.2 Å². The third-order valence-electron chi connectivity index (χ3n) is 4.96. The molecule has 0 spiro atoms. The fraction of sp³-hybridized carbons (Fsp3) is 0.167. The third-order valence-corrected chi connectivity index (χ3v) is 6.18. The van der Waals surface area contributed by atoms with E-state index in [1.807, 2.05) is 13.0 Å². The first-order valence-electron chi connectivity index (χ1n) is 10.2. The highest BCUT2D eigenvalue weighted by atomic mass is 35.5. The summed E-state index contributed by atoms with van der Waals surface area (Å²) in [6.45, 7) is 1.89. The van der Waals surface area contributed by atoms with Crippen molar-refractivity contribution in [2.24, 2.45) is 5.14 Å². The van der Waals surface area contributed by atoms with Crippen molar-refractivity contribution in [1.82, 2.24) is 0 Å². The van der Waals surface area contributed by atoms with Crippen molar-refractivity contribution in [2.45, 2.75) is 31.1 Å². The first-order valence-corrected chi connectivity index (χ1v) is 12.2. The number of nitriles is 1. The normalized spacial score (nSPS) is 11.2. The second-order valence-corrected chi connectivity index (χ2v) is 9.48. The SMILES string of the molecule is CCc1ccc(CC(=O)Nc2ccc(S(N)(=O)=O)cc2Cl)cc1Oc1cc(C#N)cc(C(F)F)c1. The van der Waals surface area contributed by atoms with E-state index in [0.29, 0.717) is 17.7 Å². The summed E-state index contributed by atoms with van der Waals surface area (Å²) in [7, 11) is -3.94. The largest absolute Gasteiger partial charge is 0.457 e. The lowest BCUT2D eigenvalue weighted by molar-refractivity contribution is -0.115. The number of carbonyl (C=O) groups excluding carboxylic acids is 1. The second kappa shape index (κ2) is 10.8. The number of aryl methyl sites for hydroxylation is 1. The van der Waals surface area contributed by atoms with Gasteiger partial charge < -0.3 is 10.1 Å². The Morgan fingerprint density at radius 3 is 2.51 bits per heavy atom. The molecule has 11 heteroatoms. The van der Waals surface area contributed by atoms with Gasteiger partial charge in [-0.25, -0.2) is 22.3 Å². The van der Waals surface area contributed by atoms with Crippen LogP contribution in [-0.4, -0.2) is 14.3 Å². The van der Waals surface area contributed by atoms with Gasteiger partial charge in [0.25, 0.3) is 6.43 Å². The molecule has 0 bridgehead atoms. The number of ether oxygens (including phenoxy) is 1. The van der Waals surface area contributed by atoms with Crippen molar-refractivity contribution in [2.75, 3.05) is 5.32 Å². The van der Waals surface area contributed by atoms with Crippen LogP contribution >= 0.6 is 11.6 Å². The zero-order valence-electron chi connectivity index (χ0n) is 18.4. The molecule has 0 atom stereocenters. The molecular weight excluding hydrogens is 500 g/mol. The maximum atomic E-state index is 13.2. The number of anilines is 1. The minimum atomic E-state index is -3.94. The van der Waals surface area contributed by atoms with E-state index in [-0.39, 0.29) is 38.9 Å². The maximum Gasteiger partial charge on any atom is 0.264 e. The number of nitrogens with two attached hydrogens (primary N) is 1. The van der Waals surface area contributed by atoms with Crippen LogP contribution in [0.25, 0.3) is 0 Å². The van der Waals surface area contributed by atoms with Crippen LogP contribution in [0.1, 0.15) is 35.6 Å². The number of benzene rings is 3. The molecule has 0 saturated heterocycles. The van der Waals surface area contributed by atoms with Gasteiger partial charge in [0.05, 0.1) is 33.7 Å². The zero-order chi connectivity index (χ0) is 25.8. The molecule has 0 unspecified atom stereocenters. The minimum Gasteiger partial charge on any atom is -0.457 e. The molecule has 3 aromatic rings. The minimum absolute atomic E-state index is 0.00226. The molecule has 0 aliphatic rings. The highest BCUT2D eigenvalue weighted by Gasteiger charge is 2.15. The Bertz CT molecular complexity index is 1420. The van der Waals surface area contributed by atoms with Gasteiger partial charge in [0.15, 0.2) is 0 Å². The van der Waals surface area contributed by atoms with E-state index in [1.54, 1.807) is 18.2 Å². The summed E-state index contributed by atoms with van der Waals surface area (Å²) in [6, 6.07) is 14.3. The summed E-state index contributed by atoms with van der Waals surface area (Å²) >= 11 is 6.07. The average Bonchev–Trinajstić information content (AvgIpc) is 2.79. The van der Waals surface area contributed by atoms with E-state index in [0.717, 1.165) is 23.8 Å². The van der Waals surface area contributed by atoms with Crippen molar-refractivity contribution >= 4 is 33.2 Å². The Morgan fingerprint density at radius 1 is 1.17 bits per heavy atom. The van der Waals surface area contributed by atoms with Crippen molar-refractivity contribution in [1.29, 1.82) is 5.26 Å². The van der Waals surface area contributed by atoms with Crippen LogP contribution in [-0.2, 0) is 27.7 Å². The Morgan fingerprint density at radius 2 is 1.91 bits per heavy atom. The van der Waals surface area contributed by atoms with Crippen molar-refractivity contribution < 1.29 is 26.7 Å². The molecule has 0 aliphatic heterocycles. The van der Waals surface area contributed by atoms with Crippen LogP contribution in [0.3, 0.4) is 0 Å². The van der Waals surface area contributed by atoms with Crippen molar-refractivity contribution in [3.8, 4) is 17.6 Å². The molecule has 3 N–H and O–H groups in total. The monoisotopic (exact) mass is 519 g/mol. The summed E-state index contributed by atoms with van der Waals surface area (Å²) < 4.78 is 55.1. The number of amides is 1. The Hall–Kier alpha value is -3.52. The highest BCUT2D eigenvalue weighted by molar-refractivity contribution is 7.89. The van der Waals surface area contributed by atoms with Crippen molar-refractivity contribution in [3.05, 3.63) is 81.9 Å². The summed E-state index contributed by atoms with van der Waals surface area (Å²) in [6.07, 6.45) is -2.26. The molecule has 1 amide bonds. The quantitative estimate of drug-likeness (QED) is 0.416. The fourth-order valence-electron chi connectivity index (χ4n) is 3.25. The number of nitrogens with zero attached hydrogens (tertiary/aromatic N) is 1. The summed E-state index contributed by atoms with van der Waals surface area (Å²) in [5.41, 5.74) is 1.25. The predicted molar refractivity (Wildman–Crippen MR) is 127 cm³/mol. The lowest BCUT2D eigenvalue weighted by atomic mass is 10.1. The number of carbonyl (C=O) groups is 1. The highest BCUT2D eigenvalue weighted by Crippen LogP contribution is 2.32. The molecule has 0 aromatic heterocycles. The van der Waals surface area contributed by atoms with Crippen LogP contribution in [0, 0.1) is 11.3 Å². The number of nitrogens with one attached hydrogen (secondary N) is 1. The maximum absolute atomic E-state index is 13.2. The van der Waals surface area contributed by atoms with E-state index in [2.05, 4.69) is 5.32 Å². The lowest BCUT2D eigenvalue weighted by Crippen LogP contribution is -2.16. The Balaban J connectivity index is 1.81. The average molecular weight is 520 g/mol. The Labute approximate surface area is 206 Å². The Kier molecular flexibility index (Phi) is 8.07. The van der Waals surface area contributed by atoms with Gasteiger partial charge in [-0.3, -0.25) is 4.79 Å². The number of sulfonamides is 1. The van der Waals surface area contributed by atoms with Gasteiger partial charge in [-0.2, -0.15) is 5.26 Å². The smallest absolute Gasteiger partial charge is 0.264 e. The van der Waals surface area contributed by atoms with Gasteiger partial charge in [0.1, 0.15) is 11.5 Å². The lowest BCUT2D eigenvalue weighted by Gasteiger charge is -2.14. The van der Waals surface area contributed by atoms with Crippen LogP contribution in [0.2, 0.25) is 5.02 Å². The molecular formula is C24H20ClF2N3O4S. The van der Waals surface area contributed by atoms with Gasteiger partial charge in [-0.05, 0) is 60.0 Å². The molecule has 3 rings (SSSR count). The number of hydrogen-bond acceptors (Lipinski definition) is 5. The van der Waals surface area contributed by atoms with Gasteiger partial charge in [0, 0.05) is 5.56 Å². The van der Waals surface area contributed by atoms with Crippen LogP contribution in [0.4, 0.5) is 14.5 Å². The number of primary sulfonamides is 1. The summed E-state index contributed by atoms with van der Waals surface area (Å²) in [5, 5.41) is 16.8. The number of halogens is 3. The molecule has 7 nitrogen and oxygen atoms in total. The van der Waals surface area contributed by atoms with E-state index >= 15 is 0 Å². The van der Waals surface area contributed by atoms with Crippen LogP contribution in [0.15, 0.2) is 59.5 Å². The van der Waals surface area contributed by atoms with Crippen LogP contribution in [0.5, 0.6) is 11.5 Å². The van der Waals surface area contributed by atoms with Gasteiger partial charge in [0.2, 0.25) is 15.9 Å². The topological polar surface area (TPSA) is 122 Å². The summed E-state index contributed by atoms with van der Waals surface area (Å²) in [5.74, 6) is 0.0120. The number of rotatable bonds is 8. The fourth-order valence-corrected chi connectivity index (χ4v) is 4.08. The van der Waals surface area contributed by atoms with Crippen LogP contribution < -0.4 is 15.2 Å². The predicted octanol–water partition coefficient (Wildman–Crippen LogP) is 5.33. The summed E-state index contributed by atoms with van der Waals surface area (Å²) in [4.78, 5) is 12.4. The number of alkyl halides is 2. The van der Waals surface area contributed by atoms with Gasteiger partial charge in [-0.15, -0.1) is 0 Å². The molecule has 0 fully saturated rings. The van der Waals surface area contributed by atoms with E-state index < -0.39 is 22.4 Å². The molecule has 3 aromatic carbocycles. The molecule has 182 valence electrons. The van der Waals surface area contributed by atoms with E-state index in [9.17, 15) is 22.0 Å². The van der Waals surface area contributed by atoms with Gasteiger partial charge >= 0.3 is 0 Å². The van der Waals surface area contributed by atoms with E-state index in [4.69, 9.17) is 26.7 Å². The first kappa shape index (κ1) is 26.1. The number of hydrogen-bond donors (Lipinski definition) is 2. The van der Waals surface area contributed by atoms with Crippen molar-refractivity contribution in [3.63, 3.8) is 0 Å². The third kappa shape index (κ3) is 6.76. The molecule has 0 aliphatic carbocycles. The molecule has 0 radical (unpaired) electrons. The molecule has 0 heterocycles. The standard InChI is InChI=1S/C24H20ClF2N3O4S/c1-2-16-4-3-14(9-22(16)34-18-8-15(13-28)7-17(11-18)24(26)27)10-23(31)30-21-6-5-19(12-20(21)25)35(29,32)33/h3-9,11-12,24H,2,10H2,1H3,(H,30,31)(H2,29,32,33). The zero-order valence-corrected chi connectivity index (χ0v) is 20.0.